The van der Waals surface area contributed by atoms with Gasteiger partial charge in [0.1, 0.15) is 0 Å². The van der Waals surface area contributed by atoms with Crippen LogP contribution in [0.3, 0.4) is 0 Å². The Bertz CT molecular complexity index is 370. The van der Waals surface area contributed by atoms with Crippen molar-refractivity contribution in [3.05, 3.63) is 29.8 Å². The first-order valence-corrected chi connectivity index (χ1v) is 5.41. The lowest BCUT2D eigenvalue weighted by atomic mass is 10.2. The van der Waals surface area contributed by atoms with Gasteiger partial charge in [-0.2, -0.15) is 0 Å². The van der Waals surface area contributed by atoms with Gasteiger partial charge >= 0.3 is 0 Å². The van der Waals surface area contributed by atoms with Gasteiger partial charge in [-0.1, -0.05) is 12.1 Å². The SMILES string of the molecule is Cc1cccc(NS(C)(=O)=O)c1. The molecular formula is C8H11NO2S. The van der Waals surface area contributed by atoms with E-state index in [1.54, 1.807) is 12.1 Å². The van der Waals surface area contributed by atoms with E-state index in [2.05, 4.69) is 4.72 Å². The van der Waals surface area contributed by atoms with E-state index in [0.29, 0.717) is 5.69 Å². The van der Waals surface area contributed by atoms with Crippen LogP contribution < -0.4 is 4.72 Å². The van der Waals surface area contributed by atoms with E-state index in [9.17, 15) is 8.42 Å². The number of rotatable bonds is 2. The van der Waals surface area contributed by atoms with E-state index in [1.807, 2.05) is 19.1 Å². The van der Waals surface area contributed by atoms with Gasteiger partial charge in [-0.05, 0) is 24.6 Å². The molecule has 1 N–H and O–H groups in total. The maximum absolute atomic E-state index is 10.8. The van der Waals surface area contributed by atoms with Gasteiger partial charge in [-0.15, -0.1) is 0 Å². The van der Waals surface area contributed by atoms with Crippen molar-refractivity contribution in [1.82, 2.24) is 0 Å². The van der Waals surface area contributed by atoms with Crippen molar-refractivity contribution in [2.45, 2.75) is 6.92 Å². The van der Waals surface area contributed by atoms with Crippen LogP contribution in [-0.4, -0.2) is 14.7 Å². The summed E-state index contributed by atoms with van der Waals surface area (Å²) in [7, 11) is -3.14. The number of benzene rings is 1. The van der Waals surface area contributed by atoms with E-state index in [4.69, 9.17) is 0 Å². The number of nitrogens with one attached hydrogen (secondary N) is 1. The first kappa shape index (κ1) is 9.06. The Morgan fingerprint density at radius 2 is 2.00 bits per heavy atom. The third kappa shape index (κ3) is 2.92. The molecule has 4 heteroatoms. The predicted octanol–water partition coefficient (Wildman–Crippen LogP) is 1.37. The van der Waals surface area contributed by atoms with Crippen molar-refractivity contribution >= 4 is 15.7 Å². The highest BCUT2D eigenvalue weighted by molar-refractivity contribution is 7.92. The molecule has 66 valence electrons. The molecule has 0 aromatic heterocycles. The smallest absolute Gasteiger partial charge is 0.229 e. The molecule has 12 heavy (non-hydrogen) atoms. The first-order chi connectivity index (χ1) is 5.47. The van der Waals surface area contributed by atoms with E-state index in [1.165, 1.54) is 0 Å². The molecule has 0 radical (unpaired) electrons. The normalized spacial score (nSPS) is 11.2. The van der Waals surface area contributed by atoms with Crippen molar-refractivity contribution in [1.29, 1.82) is 0 Å². The molecule has 0 fully saturated rings. The van der Waals surface area contributed by atoms with E-state index >= 15 is 0 Å². The van der Waals surface area contributed by atoms with Crippen LogP contribution in [0.2, 0.25) is 0 Å². The maximum atomic E-state index is 10.8. The van der Waals surface area contributed by atoms with E-state index in [0.717, 1.165) is 11.8 Å². The van der Waals surface area contributed by atoms with Gasteiger partial charge in [-0.3, -0.25) is 4.72 Å². The van der Waals surface area contributed by atoms with Gasteiger partial charge < -0.3 is 0 Å². The fraction of sp³-hybridized carbons (Fsp3) is 0.250. The fourth-order valence-corrected chi connectivity index (χ4v) is 1.48. The van der Waals surface area contributed by atoms with E-state index < -0.39 is 10.0 Å². The second kappa shape index (κ2) is 3.15. The third-order valence-corrected chi connectivity index (χ3v) is 1.93. The highest BCUT2D eigenvalue weighted by atomic mass is 32.2. The van der Waals surface area contributed by atoms with Crippen LogP contribution in [0.5, 0.6) is 0 Å². The molecule has 0 heterocycles. The third-order valence-electron chi connectivity index (χ3n) is 1.32. The van der Waals surface area contributed by atoms with Crippen molar-refractivity contribution in [3.63, 3.8) is 0 Å². The maximum Gasteiger partial charge on any atom is 0.229 e. The summed E-state index contributed by atoms with van der Waals surface area (Å²) in [6.45, 7) is 1.91. The van der Waals surface area contributed by atoms with Crippen LogP contribution in [-0.2, 0) is 10.0 Å². The summed E-state index contributed by atoms with van der Waals surface area (Å²) < 4.78 is 24.0. The zero-order chi connectivity index (χ0) is 9.19. The van der Waals surface area contributed by atoms with Gasteiger partial charge in [0.15, 0.2) is 0 Å². The Morgan fingerprint density at radius 1 is 1.33 bits per heavy atom. The standard InChI is InChI=1S/C8H11NO2S/c1-7-4-3-5-8(6-7)9-12(2,10)11/h3-6,9H,1-2H3. The van der Waals surface area contributed by atoms with Crippen LogP contribution in [0.15, 0.2) is 24.3 Å². The van der Waals surface area contributed by atoms with Gasteiger partial charge in [-0.25, -0.2) is 8.42 Å². The number of anilines is 1. The Balaban J connectivity index is 2.91. The molecule has 1 rings (SSSR count). The molecule has 0 aliphatic carbocycles. The zero-order valence-corrected chi connectivity index (χ0v) is 7.85. The molecule has 0 saturated carbocycles. The van der Waals surface area contributed by atoms with Crippen molar-refractivity contribution in [3.8, 4) is 0 Å². The molecule has 0 spiro atoms. The monoisotopic (exact) mass is 185 g/mol. The molecule has 0 bridgehead atoms. The van der Waals surface area contributed by atoms with Gasteiger partial charge in [0, 0.05) is 5.69 Å². The lowest BCUT2D eigenvalue weighted by molar-refractivity contribution is 0.607. The van der Waals surface area contributed by atoms with Crippen molar-refractivity contribution in [2.75, 3.05) is 11.0 Å². The first-order valence-electron chi connectivity index (χ1n) is 3.52. The van der Waals surface area contributed by atoms with Gasteiger partial charge in [0.2, 0.25) is 10.0 Å². The number of aryl methyl sites for hydroxylation is 1. The van der Waals surface area contributed by atoms with Gasteiger partial charge in [0.05, 0.1) is 6.26 Å². The summed E-state index contributed by atoms with van der Waals surface area (Å²) in [6, 6.07) is 7.21. The van der Waals surface area contributed by atoms with Crippen LogP contribution in [0, 0.1) is 6.92 Å². The second-order valence-corrected chi connectivity index (χ2v) is 4.49. The Hall–Kier alpha value is -1.03. The summed E-state index contributed by atoms with van der Waals surface area (Å²) in [6.07, 6.45) is 1.13. The average molecular weight is 185 g/mol. The highest BCUT2D eigenvalue weighted by Crippen LogP contribution is 2.10. The predicted molar refractivity (Wildman–Crippen MR) is 49.6 cm³/mol. The summed E-state index contributed by atoms with van der Waals surface area (Å²) in [5.41, 5.74) is 1.64. The molecule has 3 nitrogen and oxygen atoms in total. The van der Waals surface area contributed by atoms with Crippen LogP contribution >= 0.6 is 0 Å². The highest BCUT2D eigenvalue weighted by Gasteiger charge is 1.99. The molecule has 0 saturated heterocycles. The zero-order valence-electron chi connectivity index (χ0n) is 7.03. The minimum atomic E-state index is -3.14. The Morgan fingerprint density at radius 3 is 2.50 bits per heavy atom. The quantitative estimate of drug-likeness (QED) is 0.756. The summed E-state index contributed by atoms with van der Waals surface area (Å²) >= 11 is 0. The average Bonchev–Trinajstić information content (AvgIpc) is 1.82. The molecule has 0 aliphatic heterocycles. The van der Waals surface area contributed by atoms with Crippen molar-refractivity contribution in [2.24, 2.45) is 0 Å². The summed E-state index contributed by atoms with van der Waals surface area (Å²) in [5, 5.41) is 0. The summed E-state index contributed by atoms with van der Waals surface area (Å²) in [4.78, 5) is 0. The van der Waals surface area contributed by atoms with Crippen LogP contribution in [0.1, 0.15) is 5.56 Å². The minimum Gasteiger partial charge on any atom is -0.284 e. The molecule has 0 amide bonds. The summed E-state index contributed by atoms with van der Waals surface area (Å²) in [5.74, 6) is 0. The lowest BCUT2D eigenvalue weighted by Crippen LogP contribution is -2.09. The lowest BCUT2D eigenvalue weighted by Gasteiger charge is -2.03. The second-order valence-electron chi connectivity index (χ2n) is 2.74. The number of hydrogen-bond acceptors (Lipinski definition) is 2. The Labute approximate surface area is 72.5 Å². The number of sulfonamides is 1. The largest absolute Gasteiger partial charge is 0.284 e. The van der Waals surface area contributed by atoms with Crippen molar-refractivity contribution < 1.29 is 8.42 Å². The van der Waals surface area contributed by atoms with Crippen LogP contribution in [0.25, 0.3) is 0 Å². The Kier molecular flexibility index (Phi) is 2.38. The number of hydrogen-bond donors (Lipinski definition) is 1. The van der Waals surface area contributed by atoms with Crippen LogP contribution in [0.4, 0.5) is 5.69 Å². The molecule has 0 atom stereocenters. The topological polar surface area (TPSA) is 46.2 Å². The van der Waals surface area contributed by atoms with E-state index in [-0.39, 0.29) is 0 Å². The molecule has 1 aromatic carbocycles. The molecular weight excluding hydrogens is 174 g/mol. The molecule has 1 aromatic rings. The van der Waals surface area contributed by atoms with Gasteiger partial charge in [0.25, 0.3) is 0 Å². The molecule has 0 aliphatic rings. The fourth-order valence-electron chi connectivity index (χ4n) is 0.923. The minimum absolute atomic E-state index is 0.609. The molecule has 0 unspecified atom stereocenters.